The van der Waals surface area contributed by atoms with Crippen LogP contribution in [0.4, 0.5) is 4.79 Å². The maximum Gasteiger partial charge on any atom is 0.333 e. The first-order valence-electron chi connectivity index (χ1n) is 7.17. The molecular weight excluding hydrogens is 280 g/mol. The van der Waals surface area contributed by atoms with E-state index in [1.807, 2.05) is 42.5 Å². The molecule has 2 aromatic carbocycles. The highest BCUT2D eigenvalue weighted by Gasteiger charge is 2.11. The molecule has 0 aliphatic heterocycles. The first-order valence-corrected chi connectivity index (χ1v) is 7.17. The summed E-state index contributed by atoms with van der Waals surface area (Å²) in [4.78, 5) is 23.1. The maximum atomic E-state index is 11.7. The van der Waals surface area contributed by atoms with Crippen LogP contribution >= 0.6 is 0 Å². The van der Waals surface area contributed by atoms with Crippen LogP contribution in [0.25, 0.3) is 10.8 Å². The van der Waals surface area contributed by atoms with Crippen molar-refractivity contribution >= 4 is 22.7 Å². The summed E-state index contributed by atoms with van der Waals surface area (Å²) in [7, 11) is 0. The number of amides is 3. The monoisotopic (exact) mass is 300 g/mol. The van der Waals surface area contributed by atoms with Crippen molar-refractivity contribution in [1.29, 1.82) is 0 Å². The molecule has 1 atom stereocenters. The minimum Gasteiger partial charge on any atom is -0.333 e. The molecule has 6 heteroatoms. The van der Waals surface area contributed by atoms with Crippen molar-refractivity contribution in [2.45, 2.75) is 25.9 Å². The Kier molecular flexibility index (Phi) is 5.32. The van der Waals surface area contributed by atoms with E-state index < -0.39 is 18.0 Å². The SMILES string of the molecule is CC[C@H](N)C(=O)NNC(=O)NCc1cccc2ccccc12. The Morgan fingerprint density at radius 3 is 2.59 bits per heavy atom. The number of nitrogens with one attached hydrogen (secondary N) is 3. The Balaban J connectivity index is 1.89. The lowest BCUT2D eigenvalue weighted by atomic mass is 10.0. The molecule has 0 saturated carbocycles. The fraction of sp³-hybridized carbons (Fsp3) is 0.250. The van der Waals surface area contributed by atoms with Gasteiger partial charge in [0.2, 0.25) is 0 Å². The molecule has 0 bridgehead atoms. The Labute approximate surface area is 129 Å². The number of nitrogens with two attached hydrogens (primary N) is 1. The molecule has 5 N–H and O–H groups in total. The van der Waals surface area contributed by atoms with E-state index >= 15 is 0 Å². The summed E-state index contributed by atoms with van der Waals surface area (Å²) >= 11 is 0. The molecule has 2 rings (SSSR count). The van der Waals surface area contributed by atoms with Gasteiger partial charge in [-0.2, -0.15) is 0 Å². The lowest BCUT2D eigenvalue weighted by Gasteiger charge is -2.12. The van der Waals surface area contributed by atoms with Gasteiger partial charge in [0.05, 0.1) is 6.04 Å². The number of hydrogen-bond acceptors (Lipinski definition) is 3. The van der Waals surface area contributed by atoms with Crippen LogP contribution in [0.1, 0.15) is 18.9 Å². The minimum atomic E-state index is -0.627. The van der Waals surface area contributed by atoms with Crippen molar-refractivity contribution in [2.24, 2.45) is 5.73 Å². The van der Waals surface area contributed by atoms with Gasteiger partial charge in [0.25, 0.3) is 5.91 Å². The van der Waals surface area contributed by atoms with E-state index in [4.69, 9.17) is 5.73 Å². The number of carbonyl (C=O) groups is 2. The smallest absolute Gasteiger partial charge is 0.333 e. The van der Waals surface area contributed by atoms with E-state index in [2.05, 4.69) is 16.2 Å². The van der Waals surface area contributed by atoms with E-state index in [1.54, 1.807) is 6.92 Å². The number of rotatable bonds is 4. The molecule has 0 aromatic heterocycles. The number of hydrazine groups is 1. The average molecular weight is 300 g/mol. The number of benzene rings is 2. The predicted octanol–water partition coefficient (Wildman–Crippen LogP) is 1.41. The van der Waals surface area contributed by atoms with E-state index in [0.29, 0.717) is 13.0 Å². The molecule has 0 fully saturated rings. The van der Waals surface area contributed by atoms with Gasteiger partial charge in [-0.25, -0.2) is 10.2 Å². The molecule has 6 nitrogen and oxygen atoms in total. The Morgan fingerprint density at radius 1 is 1.09 bits per heavy atom. The minimum absolute atomic E-state index is 0.364. The van der Waals surface area contributed by atoms with Crippen molar-refractivity contribution < 1.29 is 9.59 Å². The van der Waals surface area contributed by atoms with E-state index in [1.165, 1.54) is 0 Å². The van der Waals surface area contributed by atoms with Gasteiger partial charge < -0.3 is 11.1 Å². The maximum absolute atomic E-state index is 11.7. The number of urea groups is 1. The molecule has 3 amide bonds. The highest BCUT2D eigenvalue weighted by Crippen LogP contribution is 2.17. The summed E-state index contributed by atoms with van der Waals surface area (Å²) in [5.74, 6) is -0.414. The second-order valence-electron chi connectivity index (χ2n) is 4.95. The third-order valence-electron chi connectivity index (χ3n) is 3.40. The fourth-order valence-corrected chi connectivity index (χ4v) is 2.06. The molecule has 0 unspecified atom stereocenters. The van der Waals surface area contributed by atoms with Crippen molar-refractivity contribution in [3.05, 3.63) is 48.0 Å². The largest absolute Gasteiger partial charge is 0.333 e. The number of carbonyl (C=O) groups excluding carboxylic acids is 2. The van der Waals surface area contributed by atoms with Crippen molar-refractivity contribution in [1.82, 2.24) is 16.2 Å². The van der Waals surface area contributed by atoms with E-state index in [-0.39, 0.29) is 0 Å². The van der Waals surface area contributed by atoms with Crippen LogP contribution in [0, 0.1) is 0 Å². The molecular formula is C16H20N4O2. The zero-order valence-corrected chi connectivity index (χ0v) is 12.4. The second kappa shape index (κ2) is 7.42. The number of hydrogen-bond donors (Lipinski definition) is 4. The molecule has 116 valence electrons. The third kappa shape index (κ3) is 3.95. The second-order valence-corrected chi connectivity index (χ2v) is 4.95. The van der Waals surface area contributed by atoms with Gasteiger partial charge >= 0.3 is 6.03 Å². The predicted molar refractivity (Wildman–Crippen MR) is 85.7 cm³/mol. The molecule has 22 heavy (non-hydrogen) atoms. The highest BCUT2D eigenvalue weighted by molar-refractivity contribution is 5.87. The van der Waals surface area contributed by atoms with Gasteiger partial charge in [-0.3, -0.25) is 10.2 Å². The Morgan fingerprint density at radius 2 is 1.82 bits per heavy atom. The van der Waals surface area contributed by atoms with Gasteiger partial charge in [0.15, 0.2) is 0 Å². The quantitative estimate of drug-likeness (QED) is 0.643. The van der Waals surface area contributed by atoms with Crippen LogP contribution in [-0.4, -0.2) is 18.0 Å². The molecule has 0 radical (unpaired) electrons. The Bertz CT molecular complexity index is 667. The summed E-state index contributed by atoms with van der Waals surface area (Å²) in [6, 6.07) is 12.8. The molecule has 2 aromatic rings. The zero-order valence-electron chi connectivity index (χ0n) is 12.4. The van der Waals surface area contributed by atoms with Gasteiger partial charge in [0.1, 0.15) is 0 Å². The molecule has 0 spiro atoms. The van der Waals surface area contributed by atoms with E-state index in [0.717, 1.165) is 16.3 Å². The number of fused-ring (bicyclic) bond motifs is 1. The zero-order chi connectivity index (χ0) is 15.9. The summed E-state index contributed by atoms with van der Waals surface area (Å²) < 4.78 is 0. The summed E-state index contributed by atoms with van der Waals surface area (Å²) in [6.45, 7) is 2.16. The van der Waals surface area contributed by atoms with Crippen molar-refractivity contribution in [3.63, 3.8) is 0 Å². The molecule has 0 saturated heterocycles. The van der Waals surface area contributed by atoms with Gasteiger partial charge in [-0.15, -0.1) is 0 Å². The van der Waals surface area contributed by atoms with Crippen LogP contribution in [0.2, 0.25) is 0 Å². The summed E-state index contributed by atoms with van der Waals surface area (Å²) in [5.41, 5.74) is 11.1. The third-order valence-corrected chi connectivity index (χ3v) is 3.40. The molecule has 0 aliphatic carbocycles. The van der Waals surface area contributed by atoms with Crippen LogP contribution in [0.15, 0.2) is 42.5 Å². The van der Waals surface area contributed by atoms with Crippen molar-refractivity contribution in [3.8, 4) is 0 Å². The highest BCUT2D eigenvalue weighted by atomic mass is 16.2. The lowest BCUT2D eigenvalue weighted by Crippen LogP contribution is -2.51. The standard InChI is InChI=1S/C16H20N4O2/c1-2-14(17)15(21)19-20-16(22)18-10-12-8-5-7-11-6-3-4-9-13(11)12/h3-9,14H,2,10,17H2,1H3,(H,19,21)(H2,18,20,22)/t14-/m0/s1. The van der Waals surface area contributed by atoms with E-state index in [9.17, 15) is 9.59 Å². The summed E-state index contributed by atoms with van der Waals surface area (Å²) in [5, 5.41) is 4.90. The van der Waals surface area contributed by atoms with Crippen LogP contribution in [-0.2, 0) is 11.3 Å². The molecule has 0 heterocycles. The normalized spacial score (nSPS) is 11.7. The topological polar surface area (TPSA) is 96.2 Å². The fourth-order valence-electron chi connectivity index (χ4n) is 2.06. The lowest BCUT2D eigenvalue weighted by molar-refractivity contribution is -0.123. The van der Waals surface area contributed by atoms with Crippen LogP contribution < -0.4 is 21.9 Å². The summed E-state index contributed by atoms with van der Waals surface area (Å²) in [6.07, 6.45) is 0.505. The van der Waals surface area contributed by atoms with Crippen molar-refractivity contribution in [2.75, 3.05) is 0 Å². The van der Waals surface area contributed by atoms with Crippen LogP contribution in [0.5, 0.6) is 0 Å². The Hall–Kier alpha value is -2.60. The van der Waals surface area contributed by atoms with Gasteiger partial charge in [0, 0.05) is 6.54 Å². The van der Waals surface area contributed by atoms with Crippen LogP contribution in [0.3, 0.4) is 0 Å². The average Bonchev–Trinajstić information content (AvgIpc) is 2.56. The first kappa shape index (κ1) is 15.8. The molecule has 0 aliphatic rings. The van der Waals surface area contributed by atoms with Gasteiger partial charge in [-0.1, -0.05) is 49.4 Å². The van der Waals surface area contributed by atoms with Gasteiger partial charge in [-0.05, 0) is 22.8 Å². The first-order chi connectivity index (χ1) is 10.6.